The predicted molar refractivity (Wildman–Crippen MR) is 81.5 cm³/mol. The number of likely N-dealkylation sites (N-methyl/N-ethyl adjacent to an activating group) is 2. The third-order valence-corrected chi connectivity index (χ3v) is 4.88. The molecule has 0 aromatic rings. The number of carbonyl (C=O) groups excluding carboxylic acids is 1. The molecule has 5 nitrogen and oxygen atoms in total. The number of amides is 1. The molecule has 1 aliphatic carbocycles. The van der Waals surface area contributed by atoms with Gasteiger partial charge in [0.15, 0.2) is 0 Å². The minimum absolute atomic E-state index is 0.215. The van der Waals surface area contributed by atoms with Gasteiger partial charge in [0.2, 0.25) is 5.91 Å². The van der Waals surface area contributed by atoms with E-state index in [0.717, 1.165) is 51.9 Å². The van der Waals surface area contributed by atoms with E-state index in [2.05, 4.69) is 29.2 Å². The van der Waals surface area contributed by atoms with E-state index in [1.54, 1.807) is 0 Å². The van der Waals surface area contributed by atoms with Crippen LogP contribution in [0.5, 0.6) is 0 Å². The van der Waals surface area contributed by atoms with E-state index in [1.165, 1.54) is 0 Å². The number of carbonyl (C=O) groups is 1. The van der Waals surface area contributed by atoms with Gasteiger partial charge in [-0.15, -0.1) is 0 Å². The average molecular weight is 282 g/mol. The molecule has 2 aliphatic rings. The lowest BCUT2D eigenvalue weighted by atomic mass is 9.84. The van der Waals surface area contributed by atoms with Crippen LogP contribution in [-0.2, 0) is 4.79 Å². The van der Waals surface area contributed by atoms with Crippen LogP contribution >= 0.6 is 0 Å². The first-order valence-corrected chi connectivity index (χ1v) is 7.95. The van der Waals surface area contributed by atoms with Gasteiger partial charge in [-0.05, 0) is 45.7 Å². The molecule has 1 aliphatic heterocycles. The zero-order valence-corrected chi connectivity index (χ0v) is 13.0. The highest BCUT2D eigenvalue weighted by Gasteiger charge is 2.24. The molecule has 5 heteroatoms. The Morgan fingerprint density at radius 2 is 1.90 bits per heavy atom. The summed E-state index contributed by atoms with van der Waals surface area (Å²) in [6.07, 6.45) is 5.06. The van der Waals surface area contributed by atoms with E-state index >= 15 is 0 Å². The normalized spacial score (nSPS) is 33.0. The van der Waals surface area contributed by atoms with Crippen LogP contribution < -0.4 is 11.1 Å². The van der Waals surface area contributed by atoms with Crippen molar-refractivity contribution >= 4 is 5.91 Å². The largest absolute Gasteiger partial charge is 0.354 e. The van der Waals surface area contributed by atoms with Crippen LogP contribution in [0.2, 0.25) is 0 Å². The SMILES string of the molecule is CN1CCN(C)C(CNC(=O)CC2CCC(N)CC2)C1. The Bertz CT molecular complexity index is 315. The van der Waals surface area contributed by atoms with Crippen molar-refractivity contribution in [3.8, 4) is 0 Å². The number of piperazine rings is 1. The van der Waals surface area contributed by atoms with E-state index < -0.39 is 0 Å². The van der Waals surface area contributed by atoms with Crippen molar-refractivity contribution in [3.63, 3.8) is 0 Å². The summed E-state index contributed by atoms with van der Waals surface area (Å²) >= 11 is 0. The summed E-state index contributed by atoms with van der Waals surface area (Å²) in [6.45, 7) is 4.00. The van der Waals surface area contributed by atoms with Gasteiger partial charge in [0.1, 0.15) is 0 Å². The fraction of sp³-hybridized carbons (Fsp3) is 0.933. The van der Waals surface area contributed by atoms with Crippen molar-refractivity contribution in [1.82, 2.24) is 15.1 Å². The smallest absolute Gasteiger partial charge is 0.220 e. The second-order valence-corrected chi connectivity index (χ2v) is 6.69. The molecule has 1 saturated carbocycles. The Balaban J connectivity index is 1.66. The van der Waals surface area contributed by atoms with Crippen LogP contribution in [0.15, 0.2) is 0 Å². The Labute approximate surface area is 122 Å². The first-order valence-electron chi connectivity index (χ1n) is 7.95. The summed E-state index contributed by atoms with van der Waals surface area (Å²) in [5.41, 5.74) is 5.90. The van der Waals surface area contributed by atoms with Gasteiger partial charge in [-0.2, -0.15) is 0 Å². The molecule has 1 unspecified atom stereocenters. The summed E-state index contributed by atoms with van der Waals surface area (Å²) in [7, 11) is 4.29. The van der Waals surface area contributed by atoms with E-state index in [4.69, 9.17) is 5.73 Å². The molecule has 1 heterocycles. The monoisotopic (exact) mass is 282 g/mol. The quantitative estimate of drug-likeness (QED) is 0.776. The summed E-state index contributed by atoms with van der Waals surface area (Å²) in [5, 5.41) is 3.12. The first-order chi connectivity index (χ1) is 9.54. The molecule has 0 bridgehead atoms. The second-order valence-electron chi connectivity index (χ2n) is 6.69. The van der Waals surface area contributed by atoms with Crippen LogP contribution in [0.1, 0.15) is 32.1 Å². The van der Waals surface area contributed by atoms with Crippen molar-refractivity contribution in [2.75, 3.05) is 40.3 Å². The van der Waals surface area contributed by atoms with Crippen molar-refractivity contribution < 1.29 is 4.79 Å². The molecular weight excluding hydrogens is 252 g/mol. The van der Waals surface area contributed by atoms with Crippen molar-refractivity contribution in [3.05, 3.63) is 0 Å². The molecule has 0 spiro atoms. The van der Waals surface area contributed by atoms with Gasteiger partial charge >= 0.3 is 0 Å². The molecule has 0 aromatic heterocycles. The summed E-state index contributed by atoms with van der Waals surface area (Å²) in [5.74, 6) is 0.758. The molecular formula is C15H30N4O. The number of nitrogens with two attached hydrogens (primary N) is 1. The van der Waals surface area contributed by atoms with E-state index in [0.29, 0.717) is 24.4 Å². The molecule has 2 fully saturated rings. The van der Waals surface area contributed by atoms with E-state index in [1.807, 2.05) is 0 Å². The Hall–Kier alpha value is -0.650. The van der Waals surface area contributed by atoms with Gasteiger partial charge in [-0.3, -0.25) is 9.69 Å². The molecule has 2 rings (SSSR count). The lowest BCUT2D eigenvalue weighted by Gasteiger charge is -2.37. The predicted octanol–water partition coefficient (Wildman–Crippen LogP) is 0.256. The van der Waals surface area contributed by atoms with Crippen LogP contribution in [0, 0.1) is 5.92 Å². The van der Waals surface area contributed by atoms with Gasteiger partial charge in [0, 0.05) is 44.7 Å². The van der Waals surface area contributed by atoms with Crippen molar-refractivity contribution in [1.29, 1.82) is 0 Å². The molecule has 1 atom stereocenters. The summed E-state index contributed by atoms with van der Waals surface area (Å²) in [4.78, 5) is 16.7. The zero-order valence-electron chi connectivity index (χ0n) is 13.0. The van der Waals surface area contributed by atoms with Gasteiger partial charge in [-0.1, -0.05) is 0 Å². The Morgan fingerprint density at radius 1 is 1.20 bits per heavy atom. The molecule has 20 heavy (non-hydrogen) atoms. The van der Waals surface area contributed by atoms with Gasteiger partial charge in [0.25, 0.3) is 0 Å². The number of rotatable bonds is 4. The maximum Gasteiger partial charge on any atom is 0.220 e. The Kier molecular flexibility index (Phi) is 5.81. The Morgan fingerprint density at radius 3 is 2.60 bits per heavy atom. The highest BCUT2D eigenvalue weighted by molar-refractivity contribution is 5.76. The average Bonchev–Trinajstić information content (AvgIpc) is 2.42. The molecule has 3 N–H and O–H groups in total. The molecule has 0 aromatic carbocycles. The number of nitrogens with one attached hydrogen (secondary N) is 1. The minimum Gasteiger partial charge on any atom is -0.354 e. The highest BCUT2D eigenvalue weighted by atomic mass is 16.1. The third kappa shape index (κ3) is 4.72. The van der Waals surface area contributed by atoms with Crippen LogP contribution in [0.3, 0.4) is 0 Å². The summed E-state index contributed by atoms with van der Waals surface area (Å²) < 4.78 is 0. The molecule has 0 radical (unpaired) electrons. The van der Waals surface area contributed by atoms with Crippen LogP contribution in [0.25, 0.3) is 0 Å². The zero-order chi connectivity index (χ0) is 14.5. The lowest BCUT2D eigenvalue weighted by molar-refractivity contribution is -0.122. The number of hydrogen-bond acceptors (Lipinski definition) is 4. The molecule has 1 amide bonds. The van der Waals surface area contributed by atoms with Crippen LogP contribution in [-0.4, -0.2) is 68.1 Å². The van der Waals surface area contributed by atoms with Crippen LogP contribution in [0.4, 0.5) is 0 Å². The standard InChI is InChI=1S/C15H30N4O/c1-18-7-8-19(2)14(11-18)10-17-15(20)9-12-3-5-13(16)6-4-12/h12-14H,3-11,16H2,1-2H3,(H,17,20). The van der Waals surface area contributed by atoms with Crippen molar-refractivity contribution in [2.24, 2.45) is 11.7 Å². The van der Waals surface area contributed by atoms with E-state index in [-0.39, 0.29) is 5.91 Å². The summed E-state index contributed by atoms with van der Waals surface area (Å²) in [6, 6.07) is 0.804. The van der Waals surface area contributed by atoms with Gasteiger partial charge < -0.3 is 16.0 Å². The highest BCUT2D eigenvalue weighted by Crippen LogP contribution is 2.25. The number of nitrogens with zero attached hydrogens (tertiary/aromatic N) is 2. The fourth-order valence-electron chi connectivity index (χ4n) is 3.28. The number of hydrogen-bond donors (Lipinski definition) is 2. The first kappa shape index (κ1) is 15.7. The second kappa shape index (κ2) is 7.38. The molecule has 116 valence electrons. The third-order valence-electron chi connectivity index (χ3n) is 4.88. The minimum atomic E-state index is 0.215. The fourth-order valence-corrected chi connectivity index (χ4v) is 3.28. The topological polar surface area (TPSA) is 61.6 Å². The lowest BCUT2D eigenvalue weighted by Crippen LogP contribution is -2.54. The molecule has 1 saturated heterocycles. The van der Waals surface area contributed by atoms with Gasteiger partial charge in [0.05, 0.1) is 0 Å². The van der Waals surface area contributed by atoms with Crippen molar-refractivity contribution in [2.45, 2.75) is 44.2 Å². The van der Waals surface area contributed by atoms with E-state index in [9.17, 15) is 4.79 Å². The van der Waals surface area contributed by atoms with Gasteiger partial charge in [-0.25, -0.2) is 0 Å². The maximum atomic E-state index is 12.0. The maximum absolute atomic E-state index is 12.0.